The van der Waals surface area contributed by atoms with E-state index in [0.717, 1.165) is 30.1 Å². The summed E-state index contributed by atoms with van der Waals surface area (Å²) in [5.41, 5.74) is 1.04. The van der Waals surface area contributed by atoms with E-state index in [0.29, 0.717) is 32.2 Å². The number of amides is 2. The normalized spacial score (nSPS) is 16.8. The number of benzene rings is 1. The summed E-state index contributed by atoms with van der Waals surface area (Å²) in [6, 6.07) is 7.76. The molecule has 5 nitrogen and oxygen atoms in total. The molecule has 2 rings (SSSR count). The molecule has 0 radical (unpaired) electrons. The molecule has 2 amide bonds. The molecule has 2 N–H and O–H groups in total. The smallest absolute Gasteiger partial charge is 0.314 e. The van der Waals surface area contributed by atoms with Gasteiger partial charge in [-0.05, 0) is 24.0 Å². The predicted molar refractivity (Wildman–Crippen MR) is 97.4 cm³/mol. The molecule has 134 valence electrons. The molecular formula is C18H28ClN3O2. The molecule has 1 fully saturated rings. The zero-order chi connectivity index (χ0) is 17.4. The number of carbonyl (C=O) groups is 1. The molecule has 1 saturated heterocycles. The predicted octanol–water partition coefficient (Wildman–Crippen LogP) is 3.06. The van der Waals surface area contributed by atoms with Crippen LogP contribution in [0, 0.1) is 5.92 Å². The van der Waals surface area contributed by atoms with Crippen molar-refractivity contribution in [2.24, 2.45) is 5.92 Å². The molecule has 0 aromatic heterocycles. The second kappa shape index (κ2) is 9.87. The van der Waals surface area contributed by atoms with E-state index in [-0.39, 0.29) is 12.1 Å². The number of nitrogens with zero attached hydrogens (tertiary/aromatic N) is 1. The highest BCUT2D eigenvalue weighted by Gasteiger charge is 2.24. The number of hydrogen-bond acceptors (Lipinski definition) is 3. The lowest BCUT2D eigenvalue weighted by molar-refractivity contribution is 0.0167. The van der Waals surface area contributed by atoms with Gasteiger partial charge in [0, 0.05) is 31.2 Å². The van der Waals surface area contributed by atoms with Gasteiger partial charge in [0.2, 0.25) is 0 Å². The van der Waals surface area contributed by atoms with Gasteiger partial charge < -0.3 is 15.4 Å². The number of rotatable bonds is 7. The number of ether oxygens (including phenoxy) is 1. The van der Waals surface area contributed by atoms with Gasteiger partial charge in [-0.1, -0.05) is 43.6 Å². The van der Waals surface area contributed by atoms with Crippen LogP contribution in [0.1, 0.15) is 31.9 Å². The second-order valence-corrected chi connectivity index (χ2v) is 6.91. The molecule has 0 saturated carbocycles. The van der Waals surface area contributed by atoms with Crippen molar-refractivity contribution >= 4 is 17.6 Å². The SMILES string of the molecule is CC(C)CCNC(=O)NCC(c1ccccc1Cl)N1CCOCC1. The standard InChI is InChI=1S/C18H28ClN3O2/c1-14(2)7-8-20-18(23)21-13-17(22-9-11-24-12-10-22)15-5-3-4-6-16(15)19/h3-6,14,17H,7-13H2,1-2H3,(H2,20,21,23). The van der Waals surface area contributed by atoms with E-state index in [4.69, 9.17) is 16.3 Å². The highest BCUT2D eigenvalue weighted by molar-refractivity contribution is 6.31. The lowest BCUT2D eigenvalue weighted by atomic mass is 10.0. The fourth-order valence-corrected chi connectivity index (χ4v) is 3.06. The van der Waals surface area contributed by atoms with E-state index >= 15 is 0 Å². The summed E-state index contributed by atoms with van der Waals surface area (Å²) in [6.07, 6.45) is 0.977. The molecule has 1 unspecified atom stereocenters. The number of nitrogens with one attached hydrogen (secondary N) is 2. The van der Waals surface area contributed by atoms with Crippen LogP contribution in [0.4, 0.5) is 4.79 Å². The van der Waals surface area contributed by atoms with Crippen LogP contribution in [0.25, 0.3) is 0 Å². The van der Waals surface area contributed by atoms with Gasteiger partial charge >= 0.3 is 6.03 Å². The first-order chi connectivity index (χ1) is 11.6. The maximum absolute atomic E-state index is 12.0. The topological polar surface area (TPSA) is 53.6 Å². The second-order valence-electron chi connectivity index (χ2n) is 6.50. The number of morpholine rings is 1. The Labute approximate surface area is 149 Å². The Hall–Kier alpha value is -1.30. The van der Waals surface area contributed by atoms with E-state index in [1.165, 1.54) is 0 Å². The van der Waals surface area contributed by atoms with Gasteiger partial charge in [0.05, 0.1) is 19.3 Å². The Morgan fingerprint density at radius 2 is 1.96 bits per heavy atom. The van der Waals surface area contributed by atoms with Crippen molar-refractivity contribution in [3.05, 3.63) is 34.9 Å². The van der Waals surface area contributed by atoms with E-state index in [2.05, 4.69) is 29.4 Å². The van der Waals surface area contributed by atoms with Crippen LogP contribution in [-0.4, -0.2) is 50.3 Å². The average molecular weight is 354 g/mol. The third kappa shape index (κ3) is 5.96. The van der Waals surface area contributed by atoms with Crippen LogP contribution in [0.15, 0.2) is 24.3 Å². The van der Waals surface area contributed by atoms with E-state index in [9.17, 15) is 4.79 Å². The lowest BCUT2D eigenvalue weighted by Crippen LogP contribution is -2.46. The van der Waals surface area contributed by atoms with Crippen LogP contribution in [-0.2, 0) is 4.74 Å². The Morgan fingerprint density at radius 3 is 2.62 bits per heavy atom. The van der Waals surface area contributed by atoms with E-state index < -0.39 is 0 Å². The van der Waals surface area contributed by atoms with Gasteiger partial charge in [0.15, 0.2) is 0 Å². The van der Waals surface area contributed by atoms with Crippen molar-refractivity contribution in [2.75, 3.05) is 39.4 Å². The Kier molecular flexibility index (Phi) is 7.82. The fourth-order valence-electron chi connectivity index (χ4n) is 2.80. The van der Waals surface area contributed by atoms with E-state index in [1.807, 2.05) is 24.3 Å². The summed E-state index contributed by atoms with van der Waals surface area (Å²) in [7, 11) is 0. The summed E-state index contributed by atoms with van der Waals surface area (Å²) in [5.74, 6) is 0.578. The van der Waals surface area contributed by atoms with Crippen molar-refractivity contribution in [1.29, 1.82) is 0 Å². The van der Waals surface area contributed by atoms with Crippen LogP contribution in [0.3, 0.4) is 0 Å². The third-order valence-corrected chi connectivity index (χ3v) is 4.56. The first kappa shape index (κ1) is 19.0. The monoisotopic (exact) mass is 353 g/mol. The molecule has 6 heteroatoms. The average Bonchev–Trinajstić information content (AvgIpc) is 2.57. The van der Waals surface area contributed by atoms with Crippen molar-refractivity contribution < 1.29 is 9.53 Å². The first-order valence-electron chi connectivity index (χ1n) is 8.66. The number of urea groups is 1. The Morgan fingerprint density at radius 1 is 1.25 bits per heavy atom. The molecule has 24 heavy (non-hydrogen) atoms. The lowest BCUT2D eigenvalue weighted by Gasteiger charge is -2.35. The number of halogens is 1. The highest BCUT2D eigenvalue weighted by atomic mass is 35.5. The summed E-state index contributed by atoms with van der Waals surface area (Å²) in [6.45, 7) is 8.61. The maximum Gasteiger partial charge on any atom is 0.314 e. The molecule has 1 aliphatic heterocycles. The number of hydrogen-bond donors (Lipinski definition) is 2. The van der Waals surface area contributed by atoms with Crippen LogP contribution >= 0.6 is 11.6 Å². The van der Waals surface area contributed by atoms with Gasteiger partial charge in [-0.15, -0.1) is 0 Å². The quantitative estimate of drug-likeness (QED) is 0.792. The Balaban J connectivity index is 1.96. The largest absolute Gasteiger partial charge is 0.379 e. The summed E-state index contributed by atoms with van der Waals surface area (Å²) in [5, 5.41) is 6.63. The van der Waals surface area contributed by atoms with Gasteiger partial charge in [-0.3, -0.25) is 4.90 Å². The first-order valence-corrected chi connectivity index (χ1v) is 9.03. The van der Waals surface area contributed by atoms with Crippen molar-refractivity contribution in [3.8, 4) is 0 Å². The molecule has 1 aromatic rings. The van der Waals surface area contributed by atoms with Crippen molar-refractivity contribution in [1.82, 2.24) is 15.5 Å². The van der Waals surface area contributed by atoms with Gasteiger partial charge in [0.1, 0.15) is 0 Å². The van der Waals surface area contributed by atoms with Crippen molar-refractivity contribution in [2.45, 2.75) is 26.3 Å². The minimum absolute atomic E-state index is 0.0541. The number of carbonyl (C=O) groups excluding carboxylic acids is 1. The summed E-state index contributed by atoms with van der Waals surface area (Å²) < 4.78 is 5.44. The Bertz CT molecular complexity index is 519. The molecular weight excluding hydrogens is 326 g/mol. The molecule has 1 heterocycles. The zero-order valence-corrected chi connectivity index (χ0v) is 15.3. The van der Waals surface area contributed by atoms with Crippen LogP contribution < -0.4 is 10.6 Å². The van der Waals surface area contributed by atoms with Crippen LogP contribution in [0.2, 0.25) is 5.02 Å². The molecule has 0 spiro atoms. The molecule has 1 aromatic carbocycles. The van der Waals surface area contributed by atoms with E-state index in [1.54, 1.807) is 0 Å². The summed E-state index contributed by atoms with van der Waals surface area (Å²) >= 11 is 6.39. The summed E-state index contributed by atoms with van der Waals surface area (Å²) in [4.78, 5) is 14.3. The minimum atomic E-state index is -0.124. The maximum atomic E-state index is 12.0. The molecule has 0 bridgehead atoms. The molecule has 1 aliphatic rings. The van der Waals surface area contributed by atoms with Crippen LogP contribution in [0.5, 0.6) is 0 Å². The highest BCUT2D eigenvalue weighted by Crippen LogP contribution is 2.27. The molecule has 0 aliphatic carbocycles. The van der Waals surface area contributed by atoms with Crippen molar-refractivity contribution in [3.63, 3.8) is 0 Å². The third-order valence-electron chi connectivity index (χ3n) is 4.21. The fraction of sp³-hybridized carbons (Fsp3) is 0.611. The van der Waals surface area contributed by atoms with Gasteiger partial charge in [-0.25, -0.2) is 4.79 Å². The van der Waals surface area contributed by atoms with Gasteiger partial charge in [0.25, 0.3) is 0 Å². The molecule has 1 atom stereocenters. The van der Waals surface area contributed by atoms with Gasteiger partial charge in [-0.2, -0.15) is 0 Å². The zero-order valence-electron chi connectivity index (χ0n) is 14.6. The minimum Gasteiger partial charge on any atom is -0.379 e.